The molecular weight excluding hydrogens is 566 g/mol. The summed E-state index contributed by atoms with van der Waals surface area (Å²) < 4.78 is 33.3. The molecule has 2 amide bonds. The van der Waals surface area contributed by atoms with E-state index in [1.54, 1.807) is 48.8 Å². The number of allylic oxidation sites excluding steroid dienone is 2. The number of likely N-dealkylation sites (tertiary alicyclic amines) is 1. The van der Waals surface area contributed by atoms with Crippen LogP contribution >= 0.6 is 0 Å². The average molecular weight is 618 g/mol. The van der Waals surface area contributed by atoms with Gasteiger partial charge in [0.1, 0.15) is 11.7 Å². The van der Waals surface area contributed by atoms with E-state index >= 15 is 0 Å². The molecule has 1 aliphatic heterocycles. The van der Waals surface area contributed by atoms with Crippen molar-refractivity contribution in [2.75, 3.05) is 27.4 Å². The summed E-state index contributed by atoms with van der Waals surface area (Å²) in [7, 11) is 3.24. The first-order valence-electron chi connectivity index (χ1n) is 15.1. The molecule has 0 aromatic heterocycles. The van der Waals surface area contributed by atoms with Crippen LogP contribution in [0.5, 0.6) is 11.5 Å². The number of hydrogen-bond acceptors (Lipinski definition) is 9. The minimum Gasteiger partial charge on any atom is -0.493 e. The van der Waals surface area contributed by atoms with Crippen molar-refractivity contribution in [2.24, 2.45) is 11.8 Å². The lowest BCUT2D eigenvalue weighted by Crippen LogP contribution is -2.57. The fourth-order valence-electron chi connectivity index (χ4n) is 5.05. The monoisotopic (exact) mass is 617 g/mol. The lowest BCUT2D eigenvalue weighted by Gasteiger charge is -2.42. The third-order valence-corrected chi connectivity index (χ3v) is 7.31. The summed E-state index contributed by atoms with van der Waals surface area (Å²) in [6, 6.07) is 5.00. The Morgan fingerprint density at radius 2 is 1.75 bits per heavy atom. The van der Waals surface area contributed by atoms with Gasteiger partial charge < -0.3 is 28.4 Å². The molecule has 0 saturated carbocycles. The third kappa shape index (κ3) is 10.9. The maximum absolute atomic E-state index is 13.8. The summed E-state index contributed by atoms with van der Waals surface area (Å²) in [4.78, 5) is 41.2. The Bertz CT molecular complexity index is 1190. The quantitative estimate of drug-likeness (QED) is 0.0979. The Balaban J connectivity index is 2.49. The molecule has 0 radical (unpaired) electrons. The summed E-state index contributed by atoms with van der Waals surface area (Å²) in [5, 5.41) is 0. The highest BCUT2D eigenvalue weighted by atomic mass is 16.7. The molecule has 1 fully saturated rings. The van der Waals surface area contributed by atoms with E-state index in [-0.39, 0.29) is 24.0 Å². The van der Waals surface area contributed by atoms with Crippen molar-refractivity contribution in [3.8, 4) is 11.5 Å². The number of piperidine rings is 1. The molecule has 0 aliphatic carbocycles. The standard InChI is InChI=1S/C34H51NO9/c1-21(2)25(17-24-13-14-28(40-11)30(18-24)41-16-12-15-39-10)19-27-29(43-33(38)44-34(7,8)9)20-26(22(3)4)31(36)35(27)32(37)42-23(5)6/h13-14,18,21,25,27,29H,5,12,15-17,19-20H2,1-4,6-11H3/t25-,27-,29-/m0/s1. The second kappa shape index (κ2) is 16.5. The molecule has 0 bridgehead atoms. The molecule has 1 aliphatic rings. The number of ether oxygens (including phenoxy) is 6. The molecule has 0 unspecified atom stereocenters. The first-order valence-corrected chi connectivity index (χ1v) is 15.1. The van der Waals surface area contributed by atoms with E-state index < -0.39 is 35.9 Å². The van der Waals surface area contributed by atoms with Gasteiger partial charge in [-0.3, -0.25) is 4.79 Å². The Kier molecular flexibility index (Phi) is 13.8. The second-order valence-electron chi connectivity index (χ2n) is 12.7. The van der Waals surface area contributed by atoms with Crippen molar-refractivity contribution < 1.29 is 42.8 Å². The van der Waals surface area contributed by atoms with Crippen molar-refractivity contribution in [3.05, 3.63) is 47.2 Å². The topological polar surface area (TPSA) is 110 Å². The molecule has 2 rings (SSSR count). The Morgan fingerprint density at radius 3 is 2.30 bits per heavy atom. The predicted molar refractivity (Wildman–Crippen MR) is 168 cm³/mol. The number of amides is 2. The van der Waals surface area contributed by atoms with Gasteiger partial charge in [0.05, 0.1) is 25.5 Å². The SMILES string of the molecule is C=C(C)OC(=O)N1C(=O)C(=C(C)C)C[C@H](OC(=O)OC(C)(C)C)[C@@H]1C[C@H](Cc1ccc(OC)c(OCCCOC)c1)C(C)C. The van der Waals surface area contributed by atoms with Crippen LogP contribution in [0.1, 0.15) is 80.2 Å². The minimum absolute atomic E-state index is 0.0272. The molecular formula is C34H51NO9. The number of imide groups is 1. The van der Waals surface area contributed by atoms with Crippen molar-refractivity contribution >= 4 is 18.2 Å². The fraction of sp³-hybridized carbons (Fsp3) is 0.618. The molecule has 10 heteroatoms. The van der Waals surface area contributed by atoms with Crippen molar-refractivity contribution in [2.45, 2.75) is 98.8 Å². The maximum atomic E-state index is 13.8. The zero-order chi connectivity index (χ0) is 33.2. The van der Waals surface area contributed by atoms with Crippen molar-refractivity contribution in [1.29, 1.82) is 0 Å². The van der Waals surface area contributed by atoms with Gasteiger partial charge in [0.15, 0.2) is 11.5 Å². The first kappa shape index (κ1) is 36.7. The van der Waals surface area contributed by atoms with E-state index in [1.807, 2.05) is 18.2 Å². The van der Waals surface area contributed by atoms with Gasteiger partial charge in [-0.1, -0.05) is 32.1 Å². The molecule has 246 valence electrons. The van der Waals surface area contributed by atoms with E-state index in [0.717, 1.165) is 22.5 Å². The normalized spacial score (nSPS) is 17.7. The summed E-state index contributed by atoms with van der Waals surface area (Å²) in [5.74, 6) is 1.04. The van der Waals surface area contributed by atoms with Gasteiger partial charge in [-0.25, -0.2) is 14.5 Å². The number of carbonyl (C=O) groups is 3. The molecule has 1 aromatic rings. The summed E-state index contributed by atoms with van der Waals surface area (Å²) in [5.41, 5.74) is 1.32. The highest BCUT2D eigenvalue weighted by molar-refractivity contribution is 6.04. The van der Waals surface area contributed by atoms with Gasteiger partial charge in [0.25, 0.3) is 5.91 Å². The number of nitrogens with zero attached hydrogens (tertiary/aromatic N) is 1. The first-order chi connectivity index (χ1) is 20.6. The Hall–Kier alpha value is -3.53. The molecule has 0 N–H and O–H groups in total. The van der Waals surface area contributed by atoms with Gasteiger partial charge in [-0.05, 0) is 83.9 Å². The minimum atomic E-state index is -0.866. The Labute approximate surface area is 262 Å². The number of hydrogen-bond donors (Lipinski definition) is 0. The van der Waals surface area contributed by atoms with Crippen molar-refractivity contribution in [3.63, 3.8) is 0 Å². The van der Waals surface area contributed by atoms with Crippen molar-refractivity contribution in [1.82, 2.24) is 4.90 Å². The zero-order valence-corrected chi connectivity index (χ0v) is 28.1. The van der Waals surface area contributed by atoms with Gasteiger partial charge in [-0.2, -0.15) is 0 Å². The number of methoxy groups -OCH3 is 2. The van der Waals surface area contributed by atoms with Gasteiger partial charge >= 0.3 is 12.2 Å². The largest absolute Gasteiger partial charge is 0.509 e. The summed E-state index contributed by atoms with van der Waals surface area (Å²) in [6.07, 6.45) is -0.724. The van der Waals surface area contributed by atoms with E-state index in [4.69, 9.17) is 28.4 Å². The van der Waals surface area contributed by atoms with Gasteiger partial charge in [-0.15, -0.1) is 0 Å². The summed E-state index contributed by atoms with van der Waals surface area (Å²) in [6.45, 7) is 19.2. The van der Waals surface area contributed by atoms with Crippen LogP contribution in [-0.4, -0.2) is 68.2 Å². The van der Waals surface area contributed by atoms with Crippen LogP contribution in [0.25, 0.3) is 0 Å². The van der Waals surface area contributed by atoms with E-state index in [0.29, 0.717) is 43.1 Å². The Morgan fingerprint density at radius 1 is 1.07 bits per heavy atom. The second-order valence-corrected chi connectivity index (χ2v) is 12.7. The molecule has 1 saturated heterocycles. The molecule has 1 heterocycles. The molecule has 0 spiro atoms. The van der Waals surface area contributed by atoms with Crippen LogP contribution in [-0.2, 0) is 30.2 Å². The molecule has 10 nitrogen and oxygen atoms in total. The lowest BCUT2D eigenvalue weighted by molar-refractivity contribution is -0.135. The smallest absolute Gasteiger partial charge is 0.493 e. The van der Waals surface area contributed by atoms with Gasteiger partial charge in [0, 0.05) is 32.1 Å². The maximum Gasteiger partial charge on any atom is 0.509 e. The van der Waals surface area contributed by atoms with Gasteiger partial charge in [0.2, 0.25) is 0 Å². The number of rotatable bonds is 13. The number of carbonyl (C=O) groups excluding carboxylic acids is 3. The fourth-order valence-corrected chi connectivity index (χ4v) is 5.05. The highest BCUT2D eigenvalue weighted by Crippen LogP contribution is 2.36. The molecule has 3 atom stereocenters. The third-order valence-electron chi connectivity index (χ3n) is 7.31. The van der Waals surface area contributed by atoms with Crippen LogP contribution in [0, 0.1) is 11.8 Å². The highest BCUT2D eigenvalue weighted by Gasteiger charge is 2.47. The van der Waals surface area contributed by atoms with E-state index in [2.05, 4.69) is 20.4 Å². The predicted octanol–water partition coefficient (Wildman–Crippen LogP) is 7.24. The molecule has 44 heavy (non-hydrogen) atoms. The lowest BCUT2D eigenvalue weighted by atomic mass is 9.79. The average Bonchev–Trinajstić information content (AvgIpc) is 2.90. The molecule has 1 aromatic carbocycles. The van der Waals surface area contributed by atoms with Crippen LogP contribution in [0.15, 0.2) is 41.7 Å². The summed E-state index contributed by atoms with van der Waals surface area (Å²) >= 11 is 0. The van der Waals surface area contributed by atoms with Crippen LogP contribution in [0.3, 0.4) is 0 Å². The van der Waals surface area contributed by atoms with Crippen LogP contribution < -0.4 is 9.47 Å². The van der Waals surface area contributed by atoms with Crippen LogP contribution in [0.2, 0.25) is 0 Å². The number of benzene rings is 1. The van der Waals surface area contributed by atoms with E-state index in [9.17, 15) is 14.4 Å². The zero-order valence-electron chi connectivity index (χ0n) is 28.1. The van der Waals surface area contributed by atoms with E-state index in [1.165, 1.54) is 6.92 Å². The van der Waals surface area contributed by atoms with Crippen LogP contribution in [0.4, 0.5) is 9.59 Å².